The molecule has 1 aromatic rings. The summed E-state index contributed by atoms with van der Waals surface area (Å²) in [7, 11) is -3.40. The molecule has 0 amide bonds. The van der Waals surface area contributed by atoms with E-state index in [1.54, 1.807) is 0 Å². The first kappa shape index (κ1) is 16.4. The van der Waals surface area contributed by atoms with Crippen molar-refractivity contribution < 1.29 is 18.3 Å². The van der Waals surface area contributed by atoms with Crippen LogP contribution in [0.5, 0.6) is 0 Å². The molecule has 0 spiro atoms. The molecule has 1 unspecified atom stereocenters. The van der Waals surface area contributed by atoms with Crippen LogP contribution in [0.2, 0.25) is 0 Å². The highest BCUT2D eigenvalue weighted by molar-refractivity contribution is 7.90. The Labute approximate surface area is 119 Å². The van der Waals surface area contributed by atoms with Crippen LogP contribution in [-0.2, 0) is 14.6 Å². The van der Waals surface area contributed by atoms with E-state index in [4.69, 9.17) is 5.11 Å². The molecule has 0 aliphatic carbocycles. The molecule has 0 fully saturated rings. The summed E-state index contributed by atoms with van der Waals surface area (Å²) < 4.78 is 23.2. The Morgan fingerprint density at radius 2 is 2.10 bits per heavy atom. The molecule has 1 heterocycles. The number of rotatable bonds is 7. The van der Waals surface area contributed by atoms with E-state index in [-0.39, 0.29) is 23.2 Å². The molecule has 0 aromatic carbocycles. The SMILES string of the molecule is CC(C)CC(CNc1ncccc1S(C)(=O)=O)C(=O)O. The van der Waals surface area contributed by atoms with E-state index in [1.807, 2.05) is 13.8 Å². The lowest BCUT2D eigenvalue weighted by atomic mass is 9.97. The molecule has 2 N–H and O–H groups in total. The Hall–Kier alpha value is -1.63. The van der Waals surface area contributed by atoms with Crippen LogP contribution in [0.4, 0.5) is 5.82 Å². The minimum Gasteiger partial charge on any atom is -0.481 e. The minimum atomic E-state index is -3.40. The summed E-state index contributed by atoms with van der Waals surface area (Å²) in [6.45, 7) is 4.03. The van der Waals surface area contributed by atoms with Crippen LogP contribution in [0.25, 0.3) is 0 Å². The molecule has 0 saturated carbocycles. The number of nitrogens with one attached hydrogen (secondary N) is 1. The van der Waals surface area contributed by atoms with Crippen LogP contribution in [0.3, 0.4) is 0 Å². The molecule has 0 aliphatic heterocycles. The van der Waals surface area contributed by atoms with E-state index in [9.17, 15) is 13.2 Å². The molecular weight excluding hydrogens is 280 g/mol. The number of carboxylic acid groups (broad SMARTS) is 1. The van der Waals surface area contributed by atoms with E-state index in [0.717, 1.165) is 6.26 Å². The van der Waals surface area contributed by atoms with Gasteiger partial charge < -0.3 is 10.4 Å². The summed E-state index contributed by atoms with van der Waals surface area (Å²) in [5.41, 5.74) is 0. The third-order valence-electron chi connectivity index (χ3n) is 2.79. The zero-order chi connectivity index (χ0) is 15.3. The number of aromatic nitrogens is 1. The summed E-state index contributed by atoms with van der Waals surface area (Å²) in [6.07, 6.45) is 3.08. The zero-order valence-corrected chi connectivity index (χ0v) is 12.6. The molecule has 6 nitrogen and oxygen atoms in total. The van der Waals surface area contributed by atoms with Crippen molar-refractivity contribution >= 4 is 21.6 Å². The number of carbonyl (C=O) groups is 1. The van der Waals surface area contributed by atoms with Gasteiger partial charge in [-0.1, -0.05) is 13.8 Å². The second-order valence-corrected chi connectivity index (χ2v) is 7.15. The Morgan fingerprint density at radius 3 is 2.60 bits per heavy atom. The van der Waals surface area contributed by atoms with Gasteiger partial charge in [0.15, 0.2) is 9.84 Å². The van der Waals surface area contributed by atoms with Gasteiger partial charge in [0.25, 0.3) is 0 Å². The van der Waals surface area contributed by atoms with Crippen molar-refractivity contribution in [2.24, 2.45) is 11.8 Å². The number of aliphatic carboxylic acids is 1. The molecule has 20 heavy (non-hydrogen) atoms. The van der Waals surface area contributed by atoms with Crippen molar-refractivity contribution in [1.29, 1.82) is 0 Å². The first-order valence-corrected chi connectivity index (χ1v) is 8.22. The number of carboxylic acids is 1. The van der Waals surface area contributed by atoms with E-state index >= 15 is 0 Å². The van der Waals surface area contributed by atoms with Crippen molar-refractivity contribution in [2.75, 3.05) is 18.1 Å². The summed E-state index contributed by atoms with van der Waals surface area (Å²) >= 11 is 0. The second-order valence-electron chi connectivity index (χ2n) is 5.17. The number of hydrogen-bond donors (Lipinski definition) is 2. The summed E-state index contributed by atoms with van der Waals surface area (Å²) in [6, 6.07) is 2.98. The summed E-state index contributed by atoms with van der Waals surface area (Å²) in [5.74, 6) is -1.03. The maximum absolute atomic E-state index is 11.6. The van der Waals surface area contributed by atoms with E-state index in [1.165, 1.54) is 18.3 Å². The van der Waals surface area contributed by atoms with Gasteiger partial charge in [-0.2, -0.15) is 0 Å². The average molecular weight is 300 g/mol. The fraction of sp³-hybridized carbons (Fsp3) is 0.538. The lowest BCUT2D eigenvalue weighted by Crippen LogP contribution is -2.25. The molecule has 0 aliphatic rings. The van der Waals surface area contributed by atoms with Gasteiger partial charge in [-0.3, -0.25) is 4.79 Å². The van der Waals surface area contributed by atoms with Crippen LogP contribution in [-0.4, -0.2) is 37.3 Å². The second kappa shape index (κ2) is 6.69. The fourth-order valence-corrected chi connectivity index (χ4v) is 2.68. The fourth-order valence-electron chi connectivity index (χ4n) is 1.88. The van der Waals surface area contributed by atoms with Gasteiger partial charge in [0, 0.05) is 19.0 Å². The number of anilines is 1. The van der Waals surface area contributed by atoms with Crippen LogP contribution in [0.15, 0.2) is 23.2 Å². The monoisotopic (exact) mass is 300 g/mol. The van der Waals surface area contributed by atoms with Gasteiger partial charge >= 0.3 is 5.97 Å². The first-order valence-electron chi connectivity index (χ1n) is 6.33. The van der Waals surface area contributed by atoms with Gasteiger partial charge in [0.2, 0.25) is 0 Å². The highest BCUT2D eigenvalue weighted by atomic mass is 32.2. The maximum atomic E-state index is 11.6. The van der Waals surface area contributed by atoms with Crippen molar-refractivity contribution in [2.45, 2.75) is 25.2 Å². The van der Waals surface area contributed by atoms with Gasteiger partial charge in [-0.05, 0) is 24.5 Å². The number of pyridine rings is 1. The molecule has 0 radical (unpaired) electrons. The highest BCUT2D eigenvalue weighted by Gasteiger charge is 2.20. The van der Waals surface area contributed by atoms with Gasteiger partial charge in [-0.25, -0.2) is 13.4 Å². The lowest BCUT2D eigenvalue weighted by Gasteiger charge is -2.16. The molecule has 112 valence electrons. The standard InChI is InChI=1S/C13H20N2O4S/c1-9(2)7-10(13(16)17)8-15-12-11(20(3,18)19)5-4-6-14-12/h4-6,9-10H,7-8H2,1-3H3,(H,14,15)(H,16,17). The average Bonchev–Trinajstić information content (AvgIpc) is 2.33. The Morgan fingerprint density at radius 1 is 1.45 bits per heavy atom. The summed E-state index contributed by atoms with van der Waals surface area (Å²) in [4.78, 5) is 15.2. The van der Waals surface area contributed by atoms with Crippen molar-refractivity contribution in [1.82, 2.24) is 4.98 Å². The molecular formula is C13H20N2O4S. The lowest BCUT2D eigenvalue weighted by molar-refractivity contribution is -0.141. The van der Waals surface area contributed by atoms with E-state index in [0.29, 0.717) is 6.42 Å². The van der Waals surface area contributed by atoms with Crippen LogP contribution >= 0.6 is 0 Å². The van der Waals surface area contributed by atoms with Gasteiger partial charge in [0.1, 0.15) is 10.7 Å². The van der Waals surface area contributed by atoms with Crippen molar-refractivity contribution in [3.05, 3.63) is 18.3 Å². The predicted molar refractivity (Wildman–Crippen MR) is 76.4 cm³/mol. The topological polar surface area (TPSA) is 96.4 Å². The number of nitrogens with zero attached hydrogens (tertiary/aromatic N) is 1. The van der Waals surface area contributed by atoms with Crippen molar-refractivity contribution in [3.63, 3.8) is 0 Å². The minimum absolute atomic E-state index is 0.0775. The zero-order valence-electron chi connectivity index (χ0n) is 11.8. The van der Waals surface area contributed by atoms with Gasteiger partial charge in [0.05, 0.1) is 5.92 Å². The third-order valence-corrected chi connectivity index (χ3v) is 3.92. The largest absolute Gasteiger partial charge is 0.481 e. The highest BCUT2D eigenvalue weighted by Crippen LogP contribution is 2.19. The maximum Gasteiger partial charge on any atom is 0.308 e. The van der Waals surface area contributed by atoms with E-state index in [2.05, 4.69) is 10.3 Å². The van der Waals surface area contributed by atoms with Crippen molar-refractivity contribution in [3.8, 4) is 0 Å². The Balaban J connectivity index is 2.86. The molecule has 7 heteroatoms. The first-order chi connectivity index (χ1) is 9.21. The quantitative estimate of drug-likeness (QED) is 0.794. The number of sulfone groups is 1. The van der Waals surface area contributed by atoms with E-state index < -0.39 is 21.7 Å². The molecule has 0 saturated heterocycles. The molecule has 1 atom stereocenters. The number of hydrogen-bond acceptors (Lipinski definition) is 5. The predicted octanol–water partition coefficient (Wildman–Crippen LogP) is 1.64. The van der Waals surface area contributed by atoms with Crippen LogP contribution in [0.1, 0.15) is 20.3 Å². The third kappa shape index (κ3) is 4.80. The van der Waals surface area contributed by atoms with Crippen LogP contribution < -0.4 is 5.32 Å². The van der Waals surface area contributed by atoms with Crippen LogP contribution in [0, 0.1) is 11.8 Å². The van der Waals surface area contributed by atoms with Gasteiger partial charge in [-0.15, -0.1) is 0 Å². The molecule has 1 aromatic heterocycles. The molecule has 1 rings (SSSR count). The molecule has 0 bridgehead atoms. The Kier molecular flexibility index (Phi) is 5.50. The smallest absolute Gasteiger partial charge is 0.308 e. The Bertz CT molecular complexity index is 569. The normalized spacial score (nSPS) is 13.2. The summed E-state index contributed by atoms with van der Waals surface area (Å²) in [5, 5.41) is 12.0.